The van der Waals surface area contributed by atoms with E-state index in [0.29, 0.717) is 13.0 Å². The summed E-state index contributed by atoms with van der Waals surface area (Å²) in [6.07, 6.45) is -4.50. The van der Waals surface area contributed by atoms with Gasteiger partial charge in [-0.05, 0) is 37.0 Å². The third-order valence-electron chi connectivity index (χ3n) is 3.66. The second-order valence-corrected chi connectivity index (χ2v) is 7.09. The molecule has 0 radical (unpaired) electrons. The van der Waals surface area contributed by atoms with Crippen LogP contribution < -0.4 is 10.1 Å². The van der Waals surface area contributed by atoms with Crippen LogP contribution in [0, 0.1) is 17.2 Å². The number of amides is 1. The fourth-order valence-electron chi connectivity index (χ4n) is 2.21. The maximum Gasteiger partial charge on any atom is 0.417 e. The molecular weight excluding hydrogens is 365 g/mol. The molecule has 1 rings (SSSR count). The minimum Gasteiger partial charge on any atom is -0.481 e. The van der Waals surface area contributed by atoms with Gasteiger partial charge in [-0.25, -0.2) is 0 Å². The molecule has 8 heteroatoms. The first kappa shape index (κ1) is 22.2. The zero-order chi connectivity index (χ0) is 19.9. The molecule has 0 spiro atoms. The quantitative estimate of drug-likeness (QED) is 0.656. The first-order chi connectivity index (χ1) is 12.1. The molecule has 2 atom stereocenters. The summed E-state index contributed by atoms with van der Waals surface area (Å²) in [7, 11) is 0. The van der Waals surface area contributed by atoms with E-state index in [4.69, 9.17) is 10.00 Å². The van der Waals surface area contributed by atoms with E-state index in [0.717, 1.165) is 18.6 Å². The number of nitrogens with zero attached hydrogens (tertiary/aromatic N) is 1. The van der Waals surface area contributed by atoms with Gasteiger partial charge in [0.15, 0.2) is 6.10 Å². The lowest BCUT2D eigenvalue weighted by molar-refractivity contribution is -0.137. The molecule has 0 bridgehead atoms. The minimum atomic E-state index is -4.68. The summed E-state index contributed by atoms with van der Waals surface area (Å²) in [5, 5.41) is 11.5. The SMILES string of the molecule is CCC(S)CNC(=O)C(CC(C)C)Oc1ccc(C#N)c(C(F)(F)F)c1. The molecule has 0 aliphatic heterocycles. The Kier molecular flexibility index (Phi) is 8.28. The van der Waals surface area contributed by atoms with Crippen molar-refractivity contribution in [3.8, 4) is 11.8 Å². The number of alkyl halides is 3. The van der Waals surface area contributed by atoms with Crippen molar-refractivity contribution >= 4 is 18.5 Å². The topological polar surface area (TPSA) is 62.1 Å². The van der Waals surface area contributed by atoms with Crippen molar-refractivity contribution in [2.24, 2.45) is 5.92 Å². The van der Waals surface area contributed by atoms with Crippen LogP contribution in [-0.4, -0.2) is 23.8 Å². The van der Waals surface area contributed by atoms with E-state index in [9.17, 15) is 18.0 Å². The smallest absolute Gasteiger partial charge is 0.417 e. The Morgan fingerprint density at radius 2 is 2.04 bits per heavy atom. The third kappa shape index (κ3) is 6.79. The monoisotopic (exact) mass is 388 g/mol. The van der Waals surface area contributed by atoms with E-state index in [1.165, 1.54) is 12.1 Å². The van der Waals surface area contributed by atoms with Crippen LogP contribution in [0.4, 0.5) is 13.2 Å². The van der Waals surface area contributed by atoms with Crippen LogP contribution >= 0.6 is 12.6 Å². The number of benzene rings is 1. The van der Waals surface area contributed by atoms with Crippen LogP contribution in [0.3, 0.4) is 0 Å². The highest BCUT2D eigenvalue weighted by Gasteiger charge is 2.34. The van der Waals surface area contributed by atoms with E-state index in [1.54, 1.807) is 0 Å². The van der Waals surface area contributed by atoms with Gasteiger partial charge in [0, 0.05) is 11.8 Å². The number of rotatable bonds is 8. The molecule has 0 saturated carbocycles. The van der Waals surface area contributed by atoms with Gasteiger partial charge in [-0.3, -0.25) is 4.79 Å². The maximum absolute atomic E-state index is 13.1. The molecule has 0 fully saturated rings. The summed E-state index contributed by atoms with van der Waals surface area (Å²) in [5.74, 6) is -0.400. The molecule has 1 aromatic carbocycles. The lowest BCUT2D eigenvalue weighted by Gasteiger charge is -2.22. The number of hydrogen-bond acceptors (Lipinski definition) is 4. The summed E-state index contributed by atoms with van der Waals surface area (Å²) >= 11 is 4.30. The Hall–Kier alpha value is -1.88. The van der Waals surface area contributed by atoms with Crippen molar-refractivity contribution < 1.29 is 22.7 Å². The highest BCUT2D eigenvalue weighted by atomic mass is 32.1. The van der Waals surface area contributed by atoms with Crippen molar-refractivity contribution in [2.75, 3.05) is 6.54 Å². The molecule has 4 nitrogen and oxygen atoms in total. The Labute approximate surface area is 157 Å². The molecule has 0 heterocycles. The second kappa shape index (κ2) is 9.72. The van der Waals surface area contributed by atoms with Gasteiger partial charge < -0.3 is 10.1 Å². The van der Waals surface area contributed by atoms with Crippen LogP contribution in [0.15, 0.2) is 18.2 Å². The van der Waals surface area contributed by atoms with Crippen molar-refractivity contribution in [2.45, 2.75) is 51.1 Å². The zero-order valence-electron chi connectivity index (χ0n) is 14.9. The van der Waals surface area contributed by atoms with Crippen molar-refractivity contribution in [3.63, 3.8) is 0 Å². The predicted octanol–water partition coefficient (Wildman–Crippen LogP) is 4.20. The zero-order valence-corrected chi connectivity index (χ0v) is 15.8. The number of thiol groups is 1. The highest BCUT2D eigenvalue weighted by molar-refractivity contribution is 7.81. The van der Waals surface area contributed by atoms with Crippen LogP contribution in [0.25, 0.3) is 0 Å². The van der Waals surface area contributed by atoms with E-state index in [2.05, 4.69) is 17.9 Å². The Bertz CT molecular complexity index is 657. The molecule has 0 aliphatic carbocycles. The lowest BCUT2D eigenvalue weighted by atomic mass is 10.0. The molecule has 1 aromatic rings. The molecule has 2 unspecified atom stereocenters. The van der Waals surface area contributed by atoms with Gasteiger partial charge in [-0.2, -0.15) is 31.1 Å². The summed E-state index contributed by atoms with van der Waals surface area (Å²) < 4.78 is 44.8. The van der Waals surface area contributed by atoms with E-state index < -0.39 is 29.3 Å². The number of halogens is 3. The van der Waals surface area contributed by atoms with Crippen LogP contribution in [0.1, 0.15) is 44.7 Å². The summed E-state index contributed by atoms with van der Waals surface area (Å²) in [4.78, 5) is 12.4. The average molecular weight is 388 g/mol. The van der Waals surface area contributed by atoms with Crippen LogP contribution in [0.2, 0.25) is 0 Å². The Morgan fingerprint density at radius 3 is 2.54 bits per heavy atom. The summed E-state index contributed by atoms with van der Waals surface area (Å²) in [6.45, 7) is 6.05. The van der Waals surface area contributed by atoms with Gasteiger partial charge in [0.25, 0.3) is 5.91 Å². The third-order valence-corrected chi connectivity index (χ3v) is 4.20. The van der Waals surface area contributed by atoms with Gasteiger partial charge in [-0.15, -0.1) is 0 Å². The largest absolute Gasteiger partial charge is 0.481 e. The standard InChI is InChI=1S/C18H23F3N2O2S/c1-4-14(26)10-23-17(24)16(7-11(2)3)25-13-6-5-12(9-22)15(8-13)18(19,20)21/h5-6,8,11,14,16,26H,4,7,10H2,1-3H3,(H,23,24). The lowest BCUT2D eigenvalue weighted by Crippen LogP contribution is -2.41. The van der Waals surface area contributed by atoms with E-state index in [-0.39, 0.29) is 16.9 Å². The predicted molar refractivity (Wildman–Crippen MR) is 96.1 cm³/mol. The first-order valence-corrected chi connectivity index (χ1v) is 8.83. The van der Waals surface area contributed by atoms with Gasteiger partial charge in [0.2, 0.25) is 0 Å². The number of nitrogens with one attached hydrogen (secondary N) is 1. The molecule has 1 N–H and O–H groups in total. The number of carbonyl (C=O) groups is 1. The minimum absolute atomic E-state index is 0.00889. The van der Waals surface area contributed by atoms with Gasteiger partial charge >= 0.3 is 6.18 Å². The number of carbonyl (C=O) groups excluding carboxylic acids is 1. The van der Waals surface area contributed by atoms with Gasteiger partial charge in [0.05, 0.1) is 17.2 Å². The van der Waals surface area contributed by atoms with Gasteiger partial charge in [0.1, 0.15) is 5.75 Å². The van der Waals surface area contributed by atoms with Gasteiger partial charge in [-0.1, -0.05) is 20.8 Å². The molecule has 1 amide bonds. The summed E-state index contributed by atoms with van der Waals surface area (Å²) in [5.41, 5.74) is -1.57. The normalized spacial score (nSPS) is 13.8. The number of hydrogen-bond donors (Lipinski definition) is 2. The molecular formula is C18H23F3N2O2S. The molecule has 0 saturated heterocycles. The number of nitriles is 1. The van der Waals surface area contributed by atoms with Crippen LogP contribution in [0.5, 0.6) is 5.75 Å². The highest BCUT2D eigenvalue weighted by Crippen LogP contribution is 2.34. The summed E-state index contributed by atoms with van der Waals surface area (Å²) in [6, 6.07) is 4.58. The maximum atomic E-state index is 13.1. The Balaban J connectivity index is 3.01. The van der Waals surface area contributed by atoms with E-state index >= 15 is 0 Å². The Morgan fingerprint density at radius 1 is 1.38 bits per heavy atom. The number of ether oxygens (including phenoxy) is 1. The second-order valence-electron chi connectivity index (χ2n) is 6.36. The van der Waals surface area contributed by atoms with Crippen molar-refractivity contribution in [1.82, 2.24) is 5.32 Å². The molecule has 26 heavy (non-hydrogen) atoms. The fraction of sp³-hybridized carbons (Fsp3) is 0.556. The average Bonchev–Trinajstić information content (AvgIpc) is 2.57. The molecule has 0 aliphatic rings. The fourth-order valence-corrected chi connectivity index (χ4v) is 2.30. The molecule has 144 valence electrons. The first-order valence-electron chi connectivity index (χ1n) is 8.32. The van der Waals surface area contributed by atoms with Crippen molar-refractivity contribution in [3.05, 3.63) is 29.3 Å². The molecule has 0 aromatic heterocycles. The van der Waals surface area contributed by atoms with Crippen molar-refractivity contribution in [1.29, 1.82) is 5.26 Å². The van der Waals surface area contributed by atoms with Crippen LogP contribution in [-0.2, 0) is 11.0 Å². The van der Waals surface area contributed by atoms with E-state index in [1.807, 2.05) is 20.8 Å².